The van der Waals surface area contributed by atoms with Crippen molar-refractivity contribution in [3.63, 3.8) is 0 Å². The number of thiazole rings is 1. The Hall–Kier alpha value is -1.10. The van der Waals surface area contributed by atoms with Crippen molar-refractivity contribution >= 4 is 22.4 Å². The molecule has 0 amide bonds. The monoisotopic (exact) mass is 187 g/mol. The van der Waals surface area contributed by atoms with Crippen molar-refractivity contribution in [2.45, 2.75) is 19.9 Å². The number of carboxylic acid groups (broad SMARTS) is 1. The van der Waals surface area contributed by atoms with Crippen LogP contribution < -0.4 is 10.3 Å². The summed E-state index contributed by atoms with van der Waals surface area (Å²) in [4.78, 5) is 13.2. The molecule has 0 fully saturated rings. The standard InChI is InChI=1S/C7H10N2O2S/c1-4(2)8-7-9-5(3-12-7)6(10)11/h3-4H,1-2H3,(H,8,9)(H,10,11)/p+1. The Bertz CT molecular complexity index is 283. The summed E-state index contributed by atoms with van der Waals surface area (Å²) >= 11 is 1.36. The lowest BCUT2D eigenvalue weighted by molar-refractivity contribution is -0.360. The Labute approximate surface area is 74.3 Å². The van der Waals surface area contributed by atoms with E-state index >= 15 is 0 Å². The minimum Gasteiger partial charge on any atom is -0.475 e. The number of hydrogen-bond donors (Lipinski definition) is 2. The lowest BCUT2D eigenvalue weighted by atomic mass is 10.4. The van der Waals surface area contributed by atoms with Crippen molar-refractivity contribution in [3.05, 3.63) is 11.1 Å². The molecule has 0 bridgehead atoms. The van der Waals surface area contributed by atoms with Crippen LogP contribution in [0, 0.1) is 0 Å². The minimum absolute atomic E-state index is 0.225. The van der Waals surface area contributed by atoms with Gasteiger partial charge in [-0.25, -0.2) is 9.78 Å². The largest absolute Gasteiger partial charge is 0.475 e. The topological polar surface area (TPSA) is 63.5 Å². The van der Waals surface area contributed by atoms with Crippen molar-refractivity contribution in [2.75, 3.05) is 5.32 Å². The number of aromatic nitrogens is 1. The summed E-state index contributed by atoms with van der Waals surface area (Å²) in [5.41, 5.74) is 0.225. The summed E-state index contributed by atoms with van der Waals surface area (Å²) in [5, 5.41) is 14.0. The highest BCUT2D eigenvalue weighted by Gasteiger charge is 2.13. The third kappa shape index (κ3) is 2.20. The zero-order chi connectivity index (χ0) is 9.14. The van der Waals surface area contributed by atoms with E-state index in [1.807, 2.05) is 13.8 Å². The first-order valence-electron chi connectivity index (χ1n) is 3.60. The molecule has 0 saturated carbocycles. The van der Waals surface area contributed by atoms with E-state index in [0.717, 1.165) is 5.13 Å². The van der Waals surface area contributed by atoms with Gasteiger partial charge in [-0.05, 0) is 13.8 Å². The van der Waals surface area contributed by atoms with Gasteiger partial charge in [0.2, 0.25) is 5.69 Å². The second-order valence-corrected chi connectivity index (χ2v) is 3.59. The van der Waals surface area contributed by atoms with Crippen LogP contribution in [-0.4, -0.2) is 17.1 Å². The zero-order valence-corrected chi connectivity index (χ0v) is 7.73. The van der Waals surface area contributed by atoms with Gasteiger partial charge in [0.05, 0.1) is 11.4 Å². The molecule has 0 aliphatic rings. The maximum atomic E-state index is 10.4. The lowest BCUT2D eigenvalue weighted by Gasteiger charge is -1.96. The molecule has 1 heterocycles. The molecule has 3 N–H and O–H groups in total. The SMILES string of the molecule is CC(C)Nc1[nH+]c(C(=O)O)cs1. The number of hydrogen-bond acceptors (Lipinski definition) is 3. The maximum Gasteiger partial charge on any atom is 0.376 e. The number of carbonyl (C=O) groups is 1. The molecular weight excluding hydrogens is 176 g/mol. The van der Waals surface area contributed by atoms with Crippen LogP contribution in [0.5, 0.6) is 0 Å². The minimum atomic E-state index is -0.928. The summed E-state index contributed by atoms with van der Waals surface area (Å²) in [7, 11) is 0. The average molecular weight is 187 g/mol. The Morgan fingerprint density at radius 2 is 2.42 bits per heavy atom. The van der Waals surface area contributed by atoms with Crippen LogP contribution in [0.4, 0.5) is 5.13 Å². The summed E-state index contributed by atoms with van der Waals surface area (Å²) in [5.74, 6) is -0.928. The van der Waals surface area contributed by atoms with E-state index in [9.17, 15) is 4.79 Å². The highest BCUT2D eigenvalue weighted by atomic mass is 32.1. The van der Waals surface area contributed by atoms with Crippen LogP contribution in [-0.2, 0) is 0 Å². The highest BCUT2D eigenvalue weighted by Crippen LogP contribution is 2.10. The van der Waals surface area contributed by atoms with Gasteiger partial charge in [0.25, 0.3) is 0 Å². The summed E-state index contributed by atoms with van der Waals surface area (Å²) in [6, 6.07) is 0.307. The van der Waals surface area contributed by atoms with E-state index in [0.29, 0.717) is 6.04 Å². The predicted octanol–water partition coefficient (Wildman–Crippen LogP) is 1.08. The second-order valence-electron chi connectivity index (χ2n) is 2.71. The molecule has 0 spiro atoms. The number of rotatable bonds is 3. The second kappa shape index (κ2) is 3.53. The van der Waals surface area contributed by atoms with Crippen molar-refractivity contribution in [3.8, 4) is 0 Å². The van der Waals surface area contributed by atoms with Gasteiger partial charge in [-0.2, -0.15) is 0 Å². The molecule has 0 unspecified atom stereocenters. The van der Waals surface area contributed by atoms with Crippen LogP contribution in [0.3, 0.4) is 0 Å². The smallest absolute Gasteiger partial charge is 0.376 e. The van der Waals surface area contributed by atoms with E-state index in [1.54, 1.807) is 5.38 Å². The van der Waals surface area contributed by atoms with Gasteiger partial charge < -0.3 is 5.11 Å². The van der Waals surface area contributed by atoms with Gasteiger partial charge in [0.1, 0.15) is 0 Å². The molecule has 1 rings (SSSR count). The fraction of sp³-hybridized carbons (Fsp3) is 0.429. The highest BCUT2D eigenvalue weighted by molar-refractivity contribution is 7.13. The van der Waals surface area contributed by atoms with E-state index in [4.69, 9.17) is 5.11 Å². The van der Waals surface area contributed by atoms with E-state index < -0.39 is 5.97 Å². The molecule has 0 aliphatic carbocycles. The first-order valence-corrected chi connectivity index (χ1v) is 4.48. The van der Waals surface area contributed by atoms with Gasteiger partial charge in [0, 0.05) is 0 Å². The first kappa shape index (κ1) is 8.99. The van der Waals surface area contributed by atoms with Crippen LogP contribution in [0.1, 0.15) is 24.3 Å². The van der Waals surface area contributed by atoms with Crippen molar-refractivity contribution in [2.24, 2.45) is 0 Å². The normalized spacial score (nSPS) is 10.2. The Morgan fingerprint density at radius 3 is 2.83 bits per heavy atom. The molecule has 0 aromatic carbocycles. The van der Waals surface area contributed by atoms with Crippen LogP contribution >= 0.6 is 11.3 Å². The van der Waals surface area contributed by atoms with Gasteiger partial charge in [-0.15, -0.1) is 0 Å². The quantitative estimate of drug-likeness (QED) is 0.744. The molecular formula is C7H11N2O2S+. The van der Waals surface area contributed by atoms with Gasteiger partial charge in [-0.1, -0.05) is 11.3 Å². The van der Waals surface area contributed by atoms with Gasteiger partial charge in [0.15, 0.2) is 0 Å². The zero-order valence-electron chi connectivity index (χ0n) is 6.92. The molecule has 5 heteroatoms. The van der Waals surface area contributed by atoms with Crippen molar-refractivity contribution < 1.29 is 14.9 Å². The Balaban J connectivity index is 2.71. The molecule has 0 aliphatic heterocycles. The molecule has 0 radical (unpaired) electrons. The molecule has 66 valence electrons. The molecule has 12 heavy (non-hydrogen) atoms. The third-order valence-electron chi connectivity index (χ3n) is 1.19. The van der Waals surface area contributed by atoms with Gasteiger partial charge in [-0.3, -0.25) is 5.32 Å². The molecule has 1 aromatic rings. The third-order valence-corrected chi connectivity index (χ3v) is 2.00. The van der Waals surface area contributed by atoms with Gasteiger partial charge >= 0.3 is 11.1 Å². The Morgan fingerprint density at radius 1 is 1.75 bits per heavy atom. The number of carboxylic acids is 1. The summed E-state index contributed by atoms with van der Waals surface area (Å²) in [6.45, 7) is 3.99. The number of H-pyrrole nitrogens is 1. The fourth-order valence-electron chi connectivity index (χ4n) is 0.735. The molecule has 4 nitrogen and oxygen atoms in total. The Kier molecular flexibility index (Phi) is 2.65. The summed E-state index contributed by atoms with van der Waals surface area (Å²) < 4.78 is 0. The lowest BCUT2D eigenvalue weighted by Crippen LogP contribution is -2.19. The number of anilines is 1. The molecule has 0 atom stereocenters. The summed E-state index contributed by atoms with van der Waals surface area (Å²) in [6.07, 6.45) is 0. The van der Waals surface area contributed by atoms with Crippen molar-refractivity contribution in [1.29, 1.82) is 0 Å². The number of nitrogens with one attached hydrogen (secondary N) is 2. The molecule has 1 aromatic heterocycles. The van der Waals surface area contributed by atoms with Crippen LogP contribution in [0.15, 0.2) is 5.38 Å². The van der Waals surface area contributed by atoms with Crippen molar-refractivity contribution in [1.82, 2.24) is 0 Å². The van der Waals surface area contributed by atoms with Crippen LogP contribution in [0.25, 0.3) is 0 Å². The molecule has 0 saturated heterocycles. The predicted molar refractivity (Wildman–Crippen MR) is 46.6 cm³/mol. The fourth-order valence-corrected chi connectivity index (χ4v) is 1.60. The van der Waals surface area contributed by atoms with E-state index in [2.05, 4.69) is 10.3 Å². The maximum absolute atomic E-state index is 10.4. The van der Waals surface area contributed by atoms with E-state index in [-0.39, 0.29) is 5.69 Å². The van der Waals surface area contributed by atoms with E-state index in [1.165, 1.54) is 11.3 Å². The average Bonchev–Trinajstić information content (AvgIpc) is 2.34. The van der Waals surface area contributed by atoms with Crippen LogP contribution in [0.2, 0.25) is 0 Å². The number of aromatic carboxylic acids is 1. The number of aromatic amines is 1. The first-order chi connectivity index (χ1) is 5.59.